The van der Waals surface area contributed by atoms with Gasteiger partial charge in [0.2, 0.25) is 5.91 Å². The largest absolute Gasteiger partial charge is 0.458 e. The van der Waals surface area contributed by atoms with Gasteiger partial charge in [0.25, 0.3) is 5.56 Å². The smallest absolute Gasteiger partial charge is 0.343 e. The number of cyclic esters (lactones) is 1. The molecule has 3 atom stereocenters. The Kier molecular flexibility index (Phi) is 5.30. The first kappa shape index (κ1) is 24.7. The van der Waals surface area contributed by atoms with Gasteiger partial charge in [-0.3, -0.25) is 9.59 Å². The van der Waals surface area contributed by atoms with E-state index < -0.39 is 41.0 Å². The Morgan fingerprint density at radius 1 is 1.33 bits per heavy atom. The van der Waals surface area contributed by atoms with Crippen LogP contribution in [0.15, 0.2) is 21.8 Å². The van der Waals surface area contributed by atoms with Gasteiger partial charge in [-0.1, -0.05) is 6.92 Å². The third kappa shape index (κ3) is 3.39. The molecule has 1 aliphatic carbocycles. The molecule has 0 unspecified atom stereocenters. The fourth-order valence-corrected chi connectivity index (χ4v) is 7.38. The second-order valence-electron chi connectivity index (χ2n) is 10.8. The van der Waals surface area contributed by atoms with Crippen LogP contribution in [-0.2, 0) is 33.1 Å². The van der Waals surface area contributed by atoms with Gasteiger partial charge in [0.15, 0.2) is 5.60 Å². The highest BCUT2D eigenvalue weighted by molar-refractivity contribution is 7.99. The van der Waals surface area contributed by atoms with E-state index in [2.05, 4.69) is 5.32 Å². The van der Waals surface area contributed by atoms with Gasteiger partial charge >= 0.3 is 5.97 Å². The monoisotopic (exact) mass is 551 g/mol. The Bertz CT molecular complexity index is 1700. The number of thioether (sulfide) groups is 1. The standard InChI is InChI=1S/C28H26FN3O6S/c1-3-28(37)15-6-19-22-13(8-32(19)26(35)14(15)9-38-27(28)36)20-18(31-25(34)23(33)12-4-5-12)10-39-24-11(2)16(29)7-17(30-22)21(20)24/h6-7,12,18,23,33,37H,3-5,8-10H2,1-2H3,(H,31,34)/t18-,23+,28+/m1/s1. The van der Waals surface area contributed by atoms with Gasteiger partial charge in [-0.2, -0.15) is 0 Å². The lowest BCUT2D eigenvalue weighted by atomic mass is 9.86. The minimum absolute atomic E-state index is 0.0213. The number of fused-ring (bicyclic) bond motifs is 5. The topological polar surface area (TPSA) is 131 Å². The first-order valence-corrected chi connectivity index (χ1v) is 14.1. The number of nitrogens with one attached hydrogen (secondary N) is 1. The summed E-state index contributed by atoms with van der Waals surface area (Å²) < 4.78 is 21.7. The molecule has 202 valence electrons. The molecule has 3 aromatic rings. The molecule has 3 N–H and O–H groups in total. The Morgan fingerprint density at radius 2 is 2.10 bits per heavy atom. The van der Waals surface area contributed by atoms with Gasteiger partial charge in [-0.05, 0) is 49.3 Å². The first-order chi connectivity index (χ1) is 18.6. The number of carbonyl (C=O) groups is 2. The summed E-state index contributed by atoms with van der Waals surface area (Å²) in [7, 11) is 0. The highest BCUT2D eigenvalue weighted by Gasteiger charge is 2.46. The normalized spacial score (nSPS) is 23.6. The van der Waals surface area contributed by atoms with E-state index >= 15 is 0 Å². The molecule has 3 aliphatic heterocycles. The lowest BCUT2D eigenvalue weighted by molar-refractivity contribution is -0.172. The molecule has 0 bridgehead atoms. The highest BCUT2D eigenvalue weighted by Crippen LogP contribution is 2.48. The lowest BCUT2D eigenvalue weighted by Crippen LogP contribution is -2.44. The minimum atomic E-state index is -1.96. The molecule has 1 fully saturated rings. The van der Waals surface area contributed by atoms with E-state index in [1.807, 2.05) is 0 Å². The molecular weight excluding hydrogens is 525 g/mol. The number of aromatic nitrogens is 2. The molecule has 7 rings (SSSR count). The maximum Gasteiger partial charge on any atom is 0.343 e. The molecule has 2 aromatic heterocycles. The molecular formula is C28H26FN3O6S. The molecule has 9 nitrogen and oxygen atoms in total. The number of ether oxygens (including phenoxy) is 1. The van der Waals surface area contributed by atoms with Crippen molar-refractivity contribution in [3.05, 3.63) is 56.1 Å². The van der Waals surface area contributed by atoms with Gasteiger partial charge < -0.3 is 24.8 Å². The average Bonchev–Trinajstić information content (AvgIpc) is 3.71. The molecule has 0 spiro atoms. The summed E-state index contributed by atoms with van der Waals surface area (Å²) in [6.07, 6.45) is 0.549. The summed E-state index contributed by atoms with van der Waals surface area (Å²) in [5, 5.41) is 25.4. The number of hydrogen-bond acceptors (Lipinski definition) is 8. The van der Waals surface area contributed by atoms with Crippen LogP contribution >= 0.6 is 11.8 Å². The number of benzene rings is 1. The third-order valence-electron chi connectivity index (χ3n) is 8.56. The highest BCUT2D eigenvalue weighted by atomic mass is 32.2. The fraction of sp³-hybridized carbons (Fsp3) is 0.429. The fourth-order valence-electron chi connectivity index (χ4n) is 6.12. The summed E-state index contributed by atoms with van der Waals surface area (Å²) in [5.41, 5.74) is 1.26. The number of rotatable bonds is 4. The molecule has 0 saturated heterocycles. The zero-order chi connectivity index (χ0) is 27.4. The van der Waals surface area contributed by atoms with Crippen LogP contribution in [0.4, 0.5) is 4.39 Å². The number of halogens is 1. The van der Waals surface area contributed by atoms with Gasteiger partial charge in [-0.15, -0.1) is 11.8 Å². The number of esters is 1. The van der Waals surface area contributed by atoms with Gasteiger partial charge in [0, 0.05) is 33.2 Å². The molecule has 4 aliphatic rings. The second kappa shape index (κ2) is 8.36. The van der Waals surface area contributed by atoms with Crippen molar-refractivity contribution < 1.29 is 28.9 Å². The van der Waals surface area contributed by atoms with Crippen LogP contribution < -0.4 is 10.9 Å². The first-order valence-electron chi connectivity index (χ1n) is 13.1. The number of aliphatic hydroxyl groups is 2. The second-order valence-corrected chi connectivity index (χ2v) is 11.8. The third-order valence-corrected chi connectivity index (χ3v) is 9.86. The van der Waals surface area contributed by atoms with Crippen molar-refractivity contribution >= 4 is 34.5 Å². The van der Waals surface area contributed by atoms with Crippen molar-refractivity contribution in [2.45, 2.75) is 68.9 Å². The molecule has 1 saturated carbocycles. The van der Waals surface area contributed by atoms with E-state index in [4.69, 9.17) is 9.72 Å². The SMILES string of the molecule is CC[C@@]1(O)C(=O)OCc2c1cc1n(c2=O)Cc2c-1nc1cc(F)c(C)c3c1c2[C@H](NC(=O)[C@@H](O)C1CC1)CS3. The number of carbonyl (C=O) groups excluding carboxylic acids is 2. The number of pyridine rings is 2. The van der Waals surface area contributed by atoms with Crippen molar-refractivity contribution in [1.82, 2.24) is 14.9 Å². The number of amides is 1. The Balaban J connectivity index is 1.46. The van der Waals surface area contributed by atoms with E-state index in [0.29, 0.717) is 33.8 Å². The van der Waals surface area contributed by atoms with Crippen molar-refractivity contribution in [2.24, 2.45) is 5.92 Å². The summed E-state index contributed by atoms with van der Waals surface area (Å²) in [5.74, 6) is -1.27. The van der Waals surface area contributed by atoms with Gasteiger partial charge in [-0.25, -0.2) is 14.2 Å². The predicted molar refractivity (Wildman–Crippen MR) is 140 cm³/mol. The molecule has 5 heterocycles. The van der Waals surface area contributed by atoms with Crippen LogP contribution in [0.2, 0.25) is 0 Å². The van der Waals surface area contributed by atoms with Crippen LogP contribution in [0.3, 0.4) is 0 Å². The van der Waals surface area contributed by atoms with E-state index in [0.717, 1.165) is 28.7 Å². The van der Waals surface area contributed by atoms with E-state index in [1.54, 1.807) is 19.9 Å². The molecule has 11 heteroatoms. The average molecular weight is 552 g/mol. The van der Waals surface area contributed by atoms with Crippen LogP contribution in [0.25, 0.3) is 22.3 Å². The van der Waals surface area contributed by atoms with Crippen molar-refractivity contribution in [1.29, 1.82) is 0 Å². The molecule has 39 heavy (non-hydrogen) atoms. The molecule has 0 radical (unpaired) electrons. The number of aliphatic hydroxyl groups excluding tert-OH is 1. The maximum atomic E-state index is 15.0. The Hall–Kier alpha value is -3.28. The molecule has 1 aromatic carbocycles. The van der Waals surface area contributed by atoms with Crippen LogP contribution in [0, 0.1) is 18.7 Å². The van der Waals surface area contributed by atoms with Crippen LogP contribution in [0.1, 0.15) is 60.0 Å². The van der Waals surface area contributed by atoms with Gasteiger partial charge in [0.1, 0.15) is 18.5 Å². The summed E-state index contributed by atoms with van der Waals surface area (Å²) in [6, 6.07) is 2.48. The maximum absolute atomic E-state index is 15.0. The van der Waals surface area contributed by atoms with E-state index in [1.165, 1.54) is 22.4 Å². The lowest BCUT2D eigenvalue weighted by Gasteiger charge is -2.31. The zero-order valence-corrected chi connectivity index (χ0v) is 22.2. The number of nitrogens with zero attached hydrogens (tertiary/aromatic N) is 2. The summed E-state index contributed by atoms with van der Waals surface area (Å²) in [4.78, 5) is 44.7. The molecule has 1 amide bonds. The van der Waals surface area contributed by atoms with E-state index in [9.17, 15) is 29.0 Å². The Morgan fingerprint density at radius 3 is 2.82 bits per heavy atom. The minimum Gasteiger partial charge on any atom is -0.458 e. The Labute approximate surface area is 226 Å². The van der Waals surface area contributed by atoms with E-state index in [-0.39, 0.29) is 36.6 Å². The van der Waals surface area contributed by atoms with Crippen molar-refractivity contribution in [2.75, 3.05) is 5.75 Å². The number of hydrogen-bond donors (Lipinski definition) is 3. The van der Waals surface area contributed by atoms with Crippen LogP contribution in [-0.4, -0.2) is 43.5 Å². The summed E-state index contributed by atoms with van der Waals surface area (Å²) >= 11 is 1.43. The van der Waals surface area contributed by atoms with Crippen molar-refractivity contribution in [3.63, 3.8) is 0 Å². The zero-order valence-electron chi connectivity index (χ0n) is 21.3. The van der Waals surface area contributed by atoms with Gasteiger partial charge in [0.05, 0.1) is 35.1 Å². The van der Waals surface area contributed by atoms with Crippen molar-refractivity contribution in [3.8, 4) is 11.4 Å². The van der Waals surface area contributed by atoms with Crippen LogP contribution in [0.5, 0.6) is 0 Å². The summed E-state index contributed by atoms with van der Waals surface area (Å²) in [6.45, 7) is 3.27. The quantitative estimate of drug-likeness (QED) is 0.330. The predicted octanol–water partition coefficient (Wildman–Crippen LogP) is 2.56.